The third-order valence-corrected chi connectivity index (χ3v) is 2.99. The van der Waals surface area contributed by atoms with Crippen LogP contribution in [0.4, 0.5) is 0 Å². The Kier molecular flexibility index (Phi) is 4.86. The molecule has 1 fully saturated rings. The molecule has 6 heteroatoms. The summed E-state index contributed by atoms with van der Waals surface area (Å²) in [5, 5.41) is 20.2. The van der Waals surface area contributed by atoms with Crippen molar-refractivity contribution in [3.8, 4) is 0 Å². The summed E-state index contributed by atoms with van der Waals surface area (Å²) in [6.07, 6.45) is 6.20. The molecule has 0 aromatic carbocycles. The Morgan fingerprint density at radius 1 is 1.37 bits per heavy atom. The van der Waals surface area contributed by atoms with E-state index in [-0.39, 0.29) is 17.9 Å². The topological polar surface area (TPSA) is 104 Å². The van der Waals surface area contributed by atoms with Crippen LogP contribution in [0, 0.1) is 5.41 Å². The molecule has 1 saturated heterocycles. The van der Waals surface area contributed by atoms with E-state index in [1.54, 1.807) is 0 Å². The molecule has 1 unspecified atom stereocenters. The molecule has 0 saturated carbocycles. The first kappa shape index (κ1) is 14.9. The predicted octanol–water partition coefficient (Wildman–Crippen LogP) is 0.945. The van der Waals surface area contributed by atoms with Crippen molar-refractivity contribution in [3.05, 3.63) is 23.8 Å². The molecule has 104 valence electrons. The average molecular weight is 267 g/mol. The standard InChI is InChI=1S/C9H10O4.C4H7NO/c1-9(8(12)13)4-2-3-6(5-9)7(10)11;6-4-2-1-3-5-4/h2-4H,5H2,1H3,(H,10,11)(H,12,13);1-3H2,(H,5,6). The van der Waals surface area contributed by atoms with Crippen molar-refractivity contribution in [3.63, 3.8) is 0 Å². The number of amides is 1. The minimum Gasteiger partial charge on any atom is -0.481 e. The highest BCUT2D eigenvalue weighted by Crippen LogP contribution is 2.31. The Hall–Kier alpha value is -2.11. The zero-order valence-corrected chi connectivity index (χ0v) is 10.7. The number of carbonyl (C=O) groups is 3. The minimum absolute atomic E-state index is 0.0359. The van der Waals surface area contributed by atoms with Gasteiger partial charge < -0.3 is 15.5 Å². The van der Waals surface area contributed by atoms with Gasteiger partial charge in [0.25, 0.3) is 0 Å². The number of hydrogen-bond acceptors (Lipinski definition) is 3. The minimum atomic E-state index is -1.08. The Morgan fingerprint density at radius 2 is 2.05 bits per heavy atom. The lowest BCUT2D eigenvalue weighted by Crippen LogP contribution is -2.28. The molecule has 2 rings (SSSR count). The van der Waals surface area contributed by atoms with E-state index in [0.717, 1.165) is 19.4 Å². The monoisotopic (exact) mass is 267 g/mol. The van der Waals surface area contributed by atoms with E-state index >= 15 is 0 Å². The van der Waals surface area contributed by atoms with Crippen LogP contribution in [0.15, 0.2) is 23.8 Å². The van der Waals surface area contributed by atoms with E-state index in [0.29, 0.717) is 0 Å². The third kappa shape index (κ3) is 4.24. The average Bonchev–Trinajstić information content (AvgIpc) is 2.81. The fourth-order valence-corrected chi connectivity index (χ4v) is 1.75. The van der Waals surface area contributed by atoms with Crippen molar-refractivity contribution in [1.29, 1.82) is 0 Å². The largest absolute Gasteiger partial charge is 0.481 e. The van der Waals surface area contributed by atoms with Gasteiger partial charge in [-0.1, -0.05) is 18.2 Å². The van der Waals surface area contributed by atoms with Gasteiger partial charge in [-0.3, -0.25) is 9.59 Å². The first-order valence-corrected chi connectivity index (χ1v) is 5.97. The molecule has 0 aromatic rings. The molecule has 1 atom stereocenters. The maximum atomic E-state index is 10.8. The second-order valence-electron chi connectivity index (χ2n) is 4.71. The van der Waals surface area contributed by atoms with E-state index in [4.69, 9.17) is 10.2 Å². The summed E-state index contributed by atoms with van der Waals surface area (Å²) in [4.78, 5) is 31.5. The van der Waals surface area contributed by atoms with Gasteiger partial charge in [0.15, 0.2) is 0 Å². The van der Waals surface area contributed by atoms with Crippen LogP contribution >= 0.6 is 0 Å². The Morgan fingerprint density at radius 3 is 2.42 bits per heavy atom. The molecule has 1 aliphatic carbocycles. The summed E-state index contributed by atoms with van der Waals surface area (Å²) in [7, 11) is 0. The molecule has 6 nitrogen and oxygen atoms in total. The maximum absolute atomic E-state index is 10.8. The fraction of sp³-hybridized carbons (Fsp3) is 0.462. The fourth-order valence-electron chi connectivity index (χ4n) is 1.75. The number of carboxylic acids is 2. The van der Waals surface area contributed by atoms with E-state index in [1.807, 2.05) is 0 Å². The second kappa shape index (κ2) is 6.17. The highest BCUT2D eigenvalue weighted by Gasteiger charge is 2.34. The molecule has 0 spiro atoms. The lowest BCUT2D eigenvalue weighted by molar-refractivity contribution is -0.145. The third-order valence-electron chi connectivity index (χ3n) is 2.99. The number of carboxylic acid groups (broad SMARTS) is 2. The van der Waals surface area contributed by atoms with Crippen LogP contribution < -0.4 is 5.32 Å². The van der Waals surface area contributed by atoms with Crippen LogP contribution in [0.25, 0.3) is 0 Å². The van der Waals surface area contributed by atoms with Gasteiger partial charge in [0.1, 0.15) is 0 Å². The van der Waals surface area contributed by atoms with Crippen LogP contribution in [0.5, 0.6) is 0 Å². The summed E-state index contributed by atoms with van der Waals surface area (Å²) >= 11 is 0. The number of hydrogen-bond donors (Lipinski definition) is 3. The molecule has 1 aliphatic heterocycles. The van der Waals surface area contributed by atoms with Gasteiger partial charge in [0, 0.05) is 18.5 Å². The van der Waals surface area contributed by atoms with Crippen molar-refractivity contribution in [2.24, 2.45) is 5.41 Å². The van der Waals surface area contributed by atoms with Gasteiger partial charge >= 0.3 is 11.9 Å². The van der Waals surface area contributed by atoms with E-state index in [9.17, 15) is 14.4 Å². The smallest absolute Gasteiger partial charge is 0.331 e. The summed E-state index contributed by atoms with van der Waals surface area (Å²) in [6.45, 7) is 2.39. The number of aliphatic carboxylic acids is 2. The van der Waals surface area contributed by atoms with Gasteiger partial charge in [-0.2, -0.15) is 0 Å². The molecule has 0 aromatic heterocycles. The molecule has 2 aliphatic rings. The molecule has 1 heterocycles. The highest BCUT2D eigenvalue weighted by molar-refractivity contribution is 5.90. The molecule has 3 N–H and O–H groups in total. The van der Waals surface area contributed by atoms with Crippen molar-refractivity contribution >= 4 is 17.8 Å². The van der Waals surface area contributed by atoms with Crippen molar-refractivity contribution in [1.82, 2.24) is 5.32 Å². The lowest BCUT2D eigenvalue weighted by Gasteiger charge is -2.23. The van der Waals surface area contributed by atoms with Gasteiger partial charge in [0.2, 0.25) is 5.91 Å². The zero-order chi connectivity index (χ0) is 14.5. The molecular weight excluding hydrogens is 250 g/mol. The summed E-state index contributed by atoms with van der Waals surface area (Å²) in [5.74, 6) is -1.86. The van der Waals surface area contributed by atoms with Gasteiger partial charge in [-0.25, -0.2) is 4.79 Å². The number of carbonyl (C=O) groups excluding carboxylic acids is 1. The first-order valence-electron chi connectivity index (χ1n) is 5.97. The Balaban J connectivity index is 0.000000250. The first-order chi connectivity index (χ1) is 8.85. The molecule has 0 radical (unpaired) electrons. The highest BCUT2D eigenvalue weighted by atomic mass is 16.4. The predicted molar refractivity (Wildman–Crippen MR) is 67.5 cm³/mol. The Labute approximate surface area is 110 Å². The van der Waals surface area contributed by atoms with Crippen LogP contribution in [-0.2, 0) is 14.4 Å². The number of allylic oxidation sites excluding steroid dienone is 2. The number of rotatable bonds is 2. The molecule has 0 bridgehead atoms. The van der Waals surface area contributed by atoms with Gasteiger partial charge in [-0.15, -0.1) is 0 Å². The summed E-state index contributed by atoms with van der Waals surface area (Å²) in [5.41, 5.74) is -0.949. The quantitative estimate of drug-likeness (QED) is 0.691. The molecule has 19 heavy (non-hydrogen) atoms. The lowest BCUT2D eigenvalue weighted by atomic mass is 9.80. The molecular formula is C13H17NO5. The van der Waals surface area contributed by atoms with Crippen LogP contribution in [0.3, 0.4) is 0 Å². The van der Waals surface area contributed by atoms with Gasteiger partial charge in [0.05, 0.1) is 5.41 Å². The van der Waals surface area contributed by atoms with Crippen LogP contribution in [0.1, 0.15) is 26.2 Å². The van der Waals surface area contributed by atoms with Gasteiger partial charge in [-0.05, 0) is 19.8 Å². The number of nitrogens with one attached hydrogen (secondary N) is 1. The van der Waals surface area contributed by atoms with E-state index < -0.39 is 17.4 Å². The Bertz CT molecular complexity index is 444. The zero-order valence-electron chi connectivity index (χ0n) is 10.7. The van der Waals surface area contributed by atoms with E-state index in [1.165, 1.54) is 25.2 Å². The van der Waals surface area contributed by atoms with E-state index in [2.05, 4.69) is 5.32 Å². The molecule has 1 amide bonds. The summed E-state index contributed by atoms with van der Waals surface area (Å²) in [6, 6.07) is 0. The summed E-state index contributed by atoms with van der Waals surface area (Å²) < 4.78 is 0. The van der Waals surface area contributed by atoms with Crippen LogP contribution in [0.2, 0.25) is 0 Å². The van der Waals surface area contributed by atoms with Crippen molar-refractivity contribution in [2.75, 3.05) is 6.54 Å². The van der Waals surface area contributed by atoms with Crippen LogP contribution in [-0.4, -0.2) is 34.6 Å². The SMILES string of the molecule is CC1(C(=O)O)C=CC=C(C(=O)O)C1.O=C1CCCN1. The van der Waals surface area contributed by atoms with Crippen molar-refractivity contribution < 1.29 is 24.6 Å². The normalized spacial score (nSPS) is 24.9. The second-order valence-corrected chi connectivity index (χ2v) is 4.71. The van der Waals surface area contributed by atoms with Crippen molar-refractivity contribution in [2.45, 2.75) is 26.2 Å². The maximum Gasteiger partial charge on any atom is 0.331 e.